The lowest BCUT2D eigenvalue weighted by Gasteiger charge is -2.23. The van der Waals surface area contributed by atoms with E-state index in [0.29, 0.717) is 85.9 Å². The van der Waals surface area contributed by atoms with Crippen LogP contribution in [0, 0.1) is 0 Å². The molecular weight excluding hydrogens is 756 g/mol. The molecule has 0 fully saturated rings. The summed E-state index contributed by atoms with van der Waals surface area (Å²) in [6.45, 7) is 33.5. The molecule has 0 aromatic heterocycles. The maximum Gasteiger partial charge on any atom is 0.0781 e. The lowest BCUT2D eigenvalue weighted by atomic mass is 10.3. The number of methoxy groups -OCH3 is 1. The summed E-state index contributed by atoms with van der Waals surface area (Å²) in [6.07, 6.45) is -1.08. The average Bonchev–Trinajstić information content (AvgIpc) is 3.21. The normalized spacial score (nSPS) is 19.7. The summed E-state index contributed by atoms with van der Waals surface area (Å²) < 4.78 is 81.5. The van der Waals surface area contributed by atoms with E-state index in [4.69, 9.17) is 71.4 Å². The second-order valence-electron chi connectivity index (χ2n) is 16.1. The van der Waals surface area contributed by atoms with Crippen LogP contribution in [0.25, 0.3) is 0 Å². The highest BCUT2D eigenvalue weighted by molar-refractivity contribution is 4.62. The molecule has 0 aliphatic rings. The lowest BCUT2D eigenvalue weighted by Crippen LogP contribution is -2.31. The Bertz CT molecular complexity index is 836. The van der Waals surface area contributed by atoms with Gasteiger partial charge >= 0.3 is 0 Å². The molecule has 0 aromatic carbocycles. The Morgan fingerprint density at radius 2 is 0.345 bits per heavy atom. The van der Waals surface area contributed by atoms with Crippen LogP contribution < -0.4 is 0 Å². The van der Waals surface area contributed by atoms with Crippen LogP contribution in [0.5, 0.6) is 0 Å². The van der Waals surface area contributed by atoms with Crippen LogP contribution >= 0.6 is 0 Å². The quantitative estimate of drug-likeness (QED) is 0.0850. The summed E-state index contributed by atoms with van der Waals surface area (Å²) in [7, 11) is 1.67. The molecule has 0 aromatic rings. The smallest absolute Gasteiger partial charge is 0.0781 e. The van der Waals surface area contributed by atoms with Crippen LogP contribution in [0.1, 0.15) is 96.9 Å². The first-order valence-electron chi connectivity index (χ1n) is 21.6. The van der Waals surface area contributed by atoms with Crippen molar-refractivity contribution in [2.75, 3.05) is 99.6 Å². The van der Waals surface area contributed by atoms with E-state index < -0.39 is 0 Å². The first-order chi connectivity index (χ1) is 27.4. The van der Waals surface area contributed by atoms with Crippen molar-refractivity contribution in [1.29, 1.82) is 0 Å². The van der Waals surface area contributed by atoms with Crippen molar-refractivity contribution in [3.63, 3.8) is 0 Å². The van der Waals surface area contributed by atoms with E-state index in [9.17, 15) is 0 Å². The maximum atomic E-state index is 9.06. The van der Waals surface area contributed by atoms with Crippen LogP contribution in [0.3, 0.4) is 0 Å². The highest BCUT2D eigenvalue weighted by Crippen LogP contribution is 2.08. The van der Waals surface area contributed by atoms with E-state index in [2.05, 4.69) is 0 Å². The molecule has 14 unspecified atom stereocenters. The Balaban J connectivity index is 3.97. The zero-order valence-electron chi connectivity index (χ0n) is 39.1. The molecule has 0 rings (SSSR count). The number of ether oxygens (including phenoxy) is 14. The van der Waals surface area contributed by atoms with Crippen molar-refractivity contribution in [2.24, 2.45) is 0 Å². The minimum Gasteiger partial charge on any atom is -0.394 e. The lowest BCUT2D eigenvalue weighted by molar-refractivity contribution is -0.115. The van der Waals surface area contributed by atoms with Crippen molar-refractivity contribution in [2.45, 2.75) is 182 Å². The summed E-state index contributed by atoms with van der Waals surface area (Å²) in [4.78, 5) is 0. The zero-order valence-corrected chi connectivity index (χ0v) is 39.1. The predicted molar refractivity (Wildman–Crippen MR) is 224 cm³/mol. The van der Waals surface area contributed by atoms with Gasteiger partial charge < -0.3 is 71.4 Å². The summed E-state index contributed by atoms with van der Waals surface area (Å²) in [5, 5.41) is 9.06. The Labute approximate surface area is 352 Å². The topological polar surface area (TPSA) is 149 Å². The monoisotopic (exact) mass is 845 g/mol. The summed E-state index contributed by atoms with van der Waals surface area (Å²) in [5.74, 6) is 0. The molecule has 0 radical (unpaired) electrons. The molecule has 58 heavy (non-hydrogen) atoms. The van der Waals surface area contributed by atoms with Crippen LogP contribution in [-0.2, 0) is 66.3 Å². The third-order valence-corrected chi connectivity index (χ3v) is 8.66. The molecule has 0 saturated heterocycles. The van der Waals surface area contributed by atoms with Gasteiger partial charge in [-0.2, -0.15) is 0 Å². The van der Waals surface area contributed by atoms with Gasteiger partial charge in [-0.1, -0.05) is 0 Å². The van der Waals surface area contributed by atoms with Crippen molar-refractivity contribution < 1.29 is 71.4 Å². The molecule has 15 heteroatoms. The number of aliphatic hydroxyl groups is 1. The molecule has 15 nitrogen and oxygen atoms in total. The van der Waals surface area contributed by atoms with Gasteiger partial charge in [0.15, 0.2) is 0 Å². The second kappa shape index (κ2) is 35.9. The van der Waals surface area contributed by atoms with E-state index in [1.54, 1.807) is 7.11 Å². The number of hydrogen-bond acceptors (Lipinski definition) is 15. The van der Waals surface area contributed by atoms with Gasteiger partial charge in [0.05, 0.1) is 178 Å². The molecule has 0 amide bonds. The van der Waals surface area contributed by atoms with Gasteiger partial charge in [0.25, 0.3) is 0 Å². The fraction of sp³-hybridized carbons (Fsp3) is 1.00. The first-order valence-corrected chi connectivity index (χ1v) is 21.6. The summed E-state index contributed by atoms with van der Waals surface area (Å²) in [6, 6.07) is 0. The molecule has 14 atom stereocenters. The predicted octanol–water partition coefficient (Wildman–Crippen LogP) is 5.28. The third-order valence-electron chi connectivity index (χ3n) is 8.66. The van der Waals surface area contributed by atoms with Crippen LogP contribution in [0.15, 0.2) is 0 Å². The van der Waals surface area contributed by atoms with Gasteiger partial charge in [-0.05, 0) is 96.9 Å². The Kier molecular flexibility index (Phi) is 35.6. The second-order valence-corrected chi connectivity index (χ2v) is 16.1. The molecule has 0 saturated carbocycles. The minimum absolute atomic E-state index is 0.00762. The molecule has 1 N–H and O–H groups in total. The molecule has 0 spiro atoms. The largest absolute Gasteiger partial charge is 0.394 e. The Morgan fingerprint density at radius 1 is 0.224 bits per heavy atom. The van der Waals surface area contributed by atoms with E-state index in [-0.39, 0.29) is 92.1 Å². The van der Waals surface area contributed by atoms with Gasteiger partial charge in [0, 0.05) is 7.11 Å². The van der Waals surface area contributed by atoms with Crippen molar-refractivity contribution in [3.05, 3.63) is 0 Å². The summed E-state index contributed by atoms with van der Waals surface area (Å²) in [5.41, 5.74) is 0. The number of rotatable bonds is 41. The Hall–Kier alpha value is -0.600. The molecular formula is C43H88O15. The maximum absolute atomic E-state index is 9.06. The van der Waals surface area contributed by atoms with Gasteiger partial charge in [-0.3, -0.25) is 0 Å². The highest BCUT2D eigenvalue weighted by Gasteiger charge is 2.17. The van der Waals surface area contributed by atoms with E-state index in [0.717, 1.165) is 0 Å². The van der Waals surface area contributed by atoms with Gasteiger partial charge in [0.1, 0.15) is 0 Å². The van der Waals surface area contributed by atoms with E-state index in [1.165, 1.54) is 0 Å². The van der Waals surface area contributed by atoms with Gasteiger partial charge in [-0.15, -0.1) is 0 Å². The van der Waals surface area contributed by atoms with Crippen LogP contribution in [-0.4, -0.2) is 190 Å². The fourth-order valence-corrected chi connectivity index (χ4v) is 4.60. The average molecular weight is 845 g/mol. The summed E-state index contributed by atoms with van der Waals surface area (Å²) >= 11 is 0. The van der Waals surface area contributed by atoms with Crippen molar-refractivity contribution in [1.82, 2.24) is 0 Å². The SMILES string of the molecule is COC(C)COC(C)COC(C)COC(C)COC(C)COC(C)COC(C)COC(C)COC(C)COC(C)COC(C)COC(C)COC(C)COC(C)CO. The Morgan fingerprint density at radius 3 is 0.466 bits per heavy atom. The first kappa shape index (κ1) is 57.4. The van der Waals surface area contributed by atoms with Crippen molar-refractivity contribution in [3.8, 4) is 0 Å². The molecule has 350 valence electrons. The molecule has 0 aliphatic carbocycles. The number of aliphatic hydroxyl groups excluding tert-OH is 1. The third kappa shape index (κ3) is 35.0. The van der Waals surface area contributed by atoms with Gasteiger partial charge in [0.2, 0.25) is 0 Å². The van der Waals surface area contributed by atoms with Crippen LogP contribution in [0.2, 0.25) is 0 Å². The minimum atomic E-state index is -0.199. The molecule has 0 heterocycles. The highest BCUT2D eigenvalue weighted by atomic mass is 16.6. The molecule has 0 bridgehead atoms. The number of hydrogen-bond donors (Lipinski definition) is 1. The van der Waals surface area contributed by atoms with Gasteiger partial charge in [-0.25, -0.2) is 0 Å². The molecule has 0 aliphatic heterocycles. The van der Waals surface area contributed by atoms with Crippen LogP contribution in [0.4, 0.5) is 0 Å². The fourth-order valence-electron chi connectivity index (χ4n) is 4.60. The van der Waals surface area contributed by atoms with E-state index in [1.807, 2.05) is 96.9 Å². The zero-order chi connectivity index (χ0) is 43.9. The van der Waals surface area contributed by atoms with Crippen molar-refractivity contribution >= 4 is 0 Å². The van der Waals surface area contributed by atoms with E-state index >= 15 is 0 Å². The standard InChI is InChI=1S/C43H88O15/c1-30(16-44)46-18-32(3)48-20-34(5)50-22-36(7)52-24-38(9)54-26-40(11)56-28-42(13)58-29-43(14)57-27-41(12)55-25-39(10)53-23-37(8)51-21-35(6)49-19-33(4)47-17-31(2)45-15/h30-44H,16-29H2,1-15H3.